The van der Waals surface area contributed by atoms with Gasteiger partial charge in [0.2, 0.25) is 0 Å². The first-order valence-corrected chi connectivity index (χ1v) is 12.0. The van der Waals surface area contributed by atoms with Crippen LogP contribution in [0.15, 0.2) is 116 Å². The van der Waals surface area contributed by atoms with Crippen molar-refractivity contribution in [2.24, 2.45) is 0 Å². The van der Waals surface area contributed by atoms with E-state index in [4.69, 9.17) is 0 Å². The van der Waals surface area contributed by atoms with Gasteiger partial charge in [-0.25, -0.2) is 0 Å². The molecule has 1 nitrogen and oxygen atoms in total. The van der Waals surface area contributed by atoms with E-state index in [9.17, 15) is 0 Å². The number of benzene rings is 5. The summed E-state index contributed by atoms with van der Waals surface area (Å²) in [6, 6.07) is 30.8. The van der Waals surface area contributed by atoms with Crippen molar-refractivity contribution >= 4 is 59.8 Å². The molecular weight excluding hydrogens is 410 g/mol. The zero-order valence-corrected chi connectivity index (χ0v) is 20.0. The molecule has 0 N–H and O–H groups in total. The lowest BCUT2D eigenvalue weighted by Gasteiger charge is -2.12. The lowest BCUT2D eigenvalue weighted by atomic mass is 9.95. The SMILES string of the molecule is C=C/C=C(\C=C/C)n1c2ccc3ccccc3c2c2c3ccccc3c3ccccc3c21.CC. The summed E-state index contributed by atoms with van der Waals surface area (Å²) in [5.74, 6) is 0. The van der Waals surface area contributed by atoms with Gasteiger partial charge in [0.1, 0.15) is 0 Å². The van der Waals surface area contributed by atoms with Crippen LogP contribution in [0.3, 0.4) is 0 Å². The number of aromatic nitrogens is 1. The number of allylic oxidation sites excluding steroid dienone is 5. The van der Waals surface area contributed by atoms with Crippen molar-refractivity contribution in [2.75, 3.05) is 0 Å². The zero-order valence-electron chi connectivity index (χ0n) is 20.0. The topological polar surface area (TPSA) is 4.93 Å². The van der Waals surface area contributed by atoms with Gasteiger partial charge < -0.3 is 4.57 Å². The van der Waals surface area contributed by atoms with Gasteiger partial charge in [-0.15, -0.1) is 0 Å². The Bertz CT molecular complexity index is 1740. The van der Waals surface area contributed by atoms with Gasteiger partial charge in [-0.3, -0.25) is 0 Å². The third-order valence-corrected chi connectivity index (χ3v) is 6.41. The molecule has 0 unspecified atom stereocenters. The smallest absolute Gasteiger partial charge is 0.0626 e. The Morgan fingerprint density at radius 3 is 1.94 bits per heavy atom. The molecule has 6 rings (SSSR count). The summed E-state index contributed by atoms with van der Waals surface area (Å²) in [5.41, 5.74) is 3.57. The average Bonchev–Trinajstić information content (AvgIpc) is 3.26. The van der Waals surface area contributed by atoms with Crippen molar-refractivity contribution in [2.45, 2.75) is 20.8 Å². The van der Waals surface area contributed by atoms with Gasteiger partial charge in [0.15, 0.2) is 0 Å². The van der Waals surface area contributed by atoms with Gasteiger partial charge in [0, 0.05) is 21.9 Å². The van der Waals surface area contributed by atoms with Gasteiger partial charge in [-0.1, -0.05) is 111 Å². The van der Waals surface area contributed by atoms with Gasteiger partial charge in [-0.05, 0) is 52.1 Å². The van der Waals surface area contributed by atoms with E-state index in [0.29, 0.717) is 0 Å². The maximum Gasteiger partial charge on any atom is 0.0626 e. The molecular formula is C33H29N. The number of nitrogens with zero attached hydrogens (tertiary/aromatic N) is 1. The Balaban J connectivity index is 0.00000117. The van der Waals surface area contributed by atoms with Gasteiger partial charge >= 0.3 is 0 Å². The number of rotatable bonds is 3. The number of fused-ring (bicyclic) bond motifs is 10. The van der Waals surface area contributed by atoms with Crippen LogP contribution in [-0.2, 0) is 0 Å². The second-order valence-corrected chi connectivity index (χ2v) is 8.16. The Kier molecular flexibility index (Phi) is 5.77. The fourth-order valence-corrected chi connectivity index (χ4v) is 5.20. The van der Waals surface area contributed by atoms with Crippen molar-refractivity contribution in [3.8, 4) is 0 Å². The zero-order chi connectivity index (χ0) is 23.7. The lowest BCUT2D eigenvalue weighted by molar-refractivity contribution is 1.24. The highest BCUT2D eigenvalue weighted by atomic mass is 15.0. The van der Waals surface area contributed by atoms with E-state index in [2.05, 4.69) is 121 Å². The van der Waals surface area contributed by atoms with Gasteiger partial charge in [0.25, 0.3) is 0 Å². The summed E-state index contributed by atoms with van der Waals surface area (Å²) in [6.45, 7) is 10.1. The summed E-state index contributed by atoms with van der Waals surface area (Å²) < 4.78 is 2.41. The molecule has 0 saturated carbocycles. The highest BCUT2D eigenvalue weighted by molar-refractivity contribution is 6.36. The Morgan fingerprint density at radius 1 is 0.676 bits per heavy atom. The third-order valence-electron chi connectivity index (χ3n) is 6.41. The van der Waals surface area contributed by atoms with E-state index in [1.165, 1.54) is 54.1 Å². The second kappa shape index (κ2) is 9.03. The van der Waals surface area contributed by atoms with Crippen molar-refractivity contribution < 1.29 is 0 Å². The van der Waals surface area contributed by atoms with Crippen molar-refractivity contribution in [3.05, 3.63) is 116 Å². The summed E-state index contributed by atoms with van der Waals surface area (Å²) in [6.07, 6.45) is 8.23. The van der Waals surface area contributed by atoms with E-state index >= 15 is 0 Å². The van der Waals surface area contributed by atoms with Crippen LogP contribution < -0.4 is 0 Å². The molecule has 0 saturated heterocycles. The highest BCUT2D eigenvalue weighted by Crippen LogP contribution is 2.44. The Hall–Kier alpha value is -4.10. The molecule has 5 aromatic carbocycles. The molecule has 166 valence electrons. The molecule has 6 aromatic rings. The van der Waals surface area contributed by atoms with E-state index in [0.717, 1.165) is 5.70 Å². The molecule has 0 amide bonds. The normalized spacial score (nSPS) is 12.1. The molecule has 0 aliphatic carbocycles. The molecule has 0 bridgehead atoms. The lowest BCUT2D eigenvalue weighted by Crippen LogP contribution is -1.95. The van der Waals surface area contributed by atoms with Crippen molar-refractivity contribution in [1.82, 2.24) is 4.57 Å². The number of hydrogen-bond donors (Lipinski definition) is 0. The summed E-state index contributed by atoms with van der Waals surface area (Å²) >= 11 is 0. The molecule has 0 spiro atoms. The van der Waals surface area contributed by atoms with E-state index < -0.39 is 0 Å². The first kappa shape index (κ1) is 21.7. The quantitative estimate of drug-likeness (QED) is 0.191. The molecule has 0 aliphatic heterocycles. The van der Waals surface area contributed by atoms with Crippen LogP contribution in [0.25, 0.3) is 59.8 Å². The van der Waals surface area contributed by atoms with Gasteiger partial charge in [-0.2, -0.15) is 0 Å². The van der Waals surface area contributed by atoms with Crippen LogP contribution in [0.5, 0.6) is 0 Å². The molecule has 0 radical (unpaired) electrons. The standard InChI is InChI=1S/C31H23N.C2H6/c1-3-11-22(12-4-2)32-28-20-19-21-13-5-6-14-23(21)29(28)30-26-17-9-7-15-24(26)25-16-8-10-18-27(25)31(30)32;1-2/h3-20H,1H2,2H3;1-2H3/b12-4-,22-11+;. The van der Waals surface area contributed by atoms with Crippen LogP contribution in [-0.4, -0.2) is 4.57 Å². The molecule has 1 heterocycles. The van der Waals surface area contributed by atoms with E-state index in [1.807, 2.05) is 19.9 Å². The van der Waals surface area contributed by atoms with Gasteiger partial charge in [0.05, 0.1) is 11.0 Å². The minimum absolute atomic E-state index is 1.11. The van der Waals surface area contributed by atoms with Crippen molar-refractivity contribution in [1.29, 1.82) is 0 Å². The maximum absolute atomic E-state index is 3.99. The van der Waals surface area contributed by atoms with E-state index in [1.54, 1.807) is 0 Å². The summed E-state index contributed by atoms with van der Waals surface area (Å²) in [4.78, 5) is 0. The molecule has 1 aromatic heterocycles. The fourth-order valence-electron chi connectivity index (χ4n) is 5.20. The minimum Gasteiger partial charge on any atom is -0.309 e. The van der Waals surface area contributed by atoms with Crippen LogP contribution >= 0.6 is 0 Å². The first-order valence-electron chi connectivity index (χ1n) is 12.0. The largest absolute Gasteiger partial charge is 0.309 e. The summed E-state index contributed by atoms with van der Waals surface area (Å²) in [7, 11) is 0. The number of hydrogen-bond acceptors (Lipinski definition) is 0. The molecule has 0 atom stereocenters. The Morgan fingerprint density at radius 2 is 1.26 bits per heavy atom. The fraction of sp³-hybridized carbons (Fsp3) is 0.0909. The Labute approximate surface area is 200 Å². The minimum atomic E-state index is 1.11. The third kappa shape index (κ3) is 3.16. The highest BCUT2D eigenvalue weighted by Gasteiger charge is 2.20. The molecule has 0 aliphatic rings. The molecule has 0 fully saturated rings. The monoisotopic (exact) mass is 439 g/mol. The van der Waals surface area contributed by atoms with E-state index in [-0.39, 0.29) is 0 Å². The average molecular weight is 440 g/mol. The van der Waals surface area contributed by atoms with Crippen LogP contribution in [0.2, 0.25) is 0 Å². The predicted molar refractivity (Wildman–Crippen MR) is 153 cm³/mol. The molecule has 1 heteroatoms. The maximum atomic E-state index is 3.99. The second-order valence-electron chi connectivity index (χ2n) is 8.16. The van der Waals surface area contributed by atoms with Crippen LogP contribution in [0.4, 0.5) is 0 Å². The van der Waals surface area contributed by atoms with Crippen LogP contribution in [0.1, 0.15) is 20.8 Å². The molecule has 34 heavy (non-hydrogen) atoms. The summed E-state index contributed by atoms with van der Waals surface area (Å²) in [5, 5.41) is 10.3. The predicted octanol–water partition coefficient (Wildman–Crippen LogP) is 9.88. The van der Waals surface area contributed by atoms with Crippen molar-refractivity contribution in [3.63, 3.8) is 0 Å². The first-order chi connectivity index (χ1) is 16.8. The van der Waals surface area contributed by atoms with Crippen LogP contribution in [0, 0.1) is 0 Å².